The SMILES string of the molecule is [2H]C([2H])([2H])C([2H])([2H])C1(C(=O)O)Cc2ccccc2C1. The minimum absolute atomic E-state index is 0.0934. The first kappa shape index (κ1) is 4.96. The summed E-state index contributed by atoms with van der Waals surface area (Å²) in [6.07, 6.45) is -2.97. The molecule has 0 fully saturated rings. The van der Waals surface area contributed by atoms with E-state index in [4.69, 9.17) is 6.85 Å². The van der Waals surface area contributed by atoms with Gasteiger partial charge in [0.25, 0.3) is 0 Å². The molecule has 0 radical (unpaired) electrons. The summed E-state index contributed by atoms with van der Waals surface area (Å²) in [7, 11) is 0. The summed E-state index contributed by atoms with van der Waals surface area (Å²) >= 11 is 0. The molecule has 2 heteroatoms. The Balaban J connectivity index is 2.53. The lowest BCUT2D eigenvalue weighted by molar-refractivity contribution is -0.148. The van der Waals surface area contributed by atoms with Gasteiger partial charge in [0.05, 0.1) is 5.41 Å². The Bertz CT molecular complexity index is 496. The van der Waals surface area contributed by atoms with Gasteiger partial charge in [-0.1, -0.05) is 31.1 Å². The zero-order chi connectivity index (χ0) is 14.5. The monoisotopic (exact) mass is 195 g/mol. The molecule has 0 aromatic heterocycles. The lowest BCUT2D eigenvalue weighted by atomic mass is 9.82. The molecule has 0 unspecified atom stereocenters. The summed E-state index contributed by atoms with van der Waals surface area (Å²) in [6.45, 7) is -2.98. The van der Waals surface area contributed by atoms with Crippen LogP contribution in [0.25, 0.3) is 0 Å². The van der Waals surface area contributed by atoms with E-state index < -0.39 is 24.6 Å². The zero-order valence-corrected chi connectivity index (χ0v) is 7.58. The first-order valence-electron chi connectivity index (χ1n) is 6.92. The molecule has 0 saturated carbocycles. The third-order valence-electron chi connectivity index (χ3n) is 2.75. The first-order chi connectivity index (χ1) is 8.62. The molecule has 14 heavy (non-hydrogen) atoms. The molecule has 1 aromatic rings. The van der Waals surface area contributed by atoms with Crippen LogP contribution in [0.5, 0.6) is 0 Å². The summed E-state index contributed by atoms with van der Waals surface area (Å²) in [4.78, 5) is 11.6. The van der Waals surface area contributed by atoms with Crippen LogP contribution in [0.3, 0.4) is 0 Å². The average Bonchev–Trinajstić information content (AvgIpc) is 2.68. The molecule has 0 spiro atoms. The third-order valence-corrected chi connectivity index (χ3v) is 2.75. The minimum atomic E-state index is -2.98. The van der Waals surface area contributed by atoms with Crippen LogP contribution in [0, 0.1) is 5.41 Å². The highest BCUT2D eigenvalue weighted by Crippen LogP contribution is 2.39. The molecule has 74 valence electrons. The molecule has 0 atom stereocenters. The maximum atomic E-state index is 11.6. The van der Waals surface area contributed by atoms with Gasteiger partial charge < -0.3 is 5.11 Å². The number of benzene rings is 1. The van der Waals surface area contributed by atoms with Gasteiger partial charge in [-0.15, -0.1) is 0 Å². The van der Waals surface area contributed by atoms with Crippen molar-refractivity contribution < 1.29 is 16.8 Å². The van der Waals surface area contributed by atoms with Crippen LogP contribution in [-0.4, -0.2) is 11.1 Å². The molecular formula is C12H14O2. The Morgan fingerprint density at radius 3 is 2.57 bits per heavy atom. The third kappa shape index (κ3) is 1.22. The number of carboxylic acids is 1. The van der Waals surface area contributed by atoms with Crippen molar-refractivity contribution in [3.8, 4) is 0 Å². The maximum Gasteiger partial charge on any atom is 0.310 e. The van der Waals surface area contributed by atoms with Crippen molar-refractivity contribution in [1.29, 1.82) is 0 Å². The van der Waals surface area contributed by atoms with Crippen LogP contribution in [0.15, 0.2) is 24.3 Å². The lowest BCUT2D eigenvalue weighted by Crippen LogP contribution is -2.30. The van der Waals surface area contributed by atoms with E-state index in [9.17, 15) is 9.90 Å². The largest absolute Gasteiger partial charge is 0.481 e. The van der Waals surface area contributed by atoms with Crippen LogP contribution in [0.1, 0.15) is 31.2 Å². The van der Waals surface area contributed by atoms with E-state index in [1.54, 1.807) is 24.3 Å². The van der Waals surface area contributed by atoms with Crippen molar-refractivity contribution in [1.82, 2.24) is 0 Å². The topological polar surface area (TPSA) is 37.3 Å². The van der Waals surface area contributed by atoms with E-state index in [2.05, 4.69) is 0 Å². The van der Waals surface area contributed by atoms with Crippen molar-refractivity contribution in [2.45, 2.75) is 26.1 Å². The highest BCUT2D eigenvalue weighted by atomic mass is 16.4. The number of hydrogen-bond donors (Lipinski definition) is 1. The minimum Gasteiger partial charge on any atom is -0.481 e. The second-order valence-corrected chi connectivity index (χ2v) is 3.63. The normalized spacial score (nSPS) is 25.0. The predicted octanol–water partition coefficient (Wildman–Crippen LogP) is 2.27. The fourth-order valence-corrected chi connectivity index (χ4v) is 1.91. The van der Waals surface area contributed by atoms with Gasteiger partial charge in [-0.25, -0.2) is 0 Å². The quantitative estimate of drug-likeness (QED) is 0.786. The molecule has 1 aromatic carbocycles. The highest BCUT2D eigenvalue weighted by molar-refractivity contribution is 5.77. The Hall–Kier alpha value is -1.31. The van der Waals surface area contributed by atoms with Crippen LogP contribution in [0.4, 0.5) is 0 Å². The molecule has 0 bridgehead atoms. The second-order valence-electron chi connectivity index (χ2n) is 3.63. The molecule has 0 saturated heterocycles. The van der Waals surface area contributed by atoms with Crippen molar-refractivity contribution in [3.05, 3.63) is 35.4 Å². The van der Waals surface area contributed by atoms with Gasteiger partial charge in [-0.2, -0.15) is 0 Å². The summed E-state index contributed by atoms with van der Waals surface area (Å²) in [5.41, 5.74) is -0.516. The van der Waals surface area contributed by atoms with E-state index in [-0.39, 0.29) is 12.8 Å². The summed E-state index contributed by atoms with van der Waals surface area (Å²) in [5, 5.41) is 9.44. The molecule has 1 N–H and O–H groups in total. The number of carboxylic acid groups (broad SMARTS) is 1. The van der Waals surface area contributed by atoms with Gasteiger partial charge >= 0.3 is 5.97 Å². The lowest BCUT2D eigenvalue weighted by Gasteiger charge is -2.21. The van der Waals surface area contributed by atoms with E-state index in [0.717, 1.165) is 0 Å². The van der Waals surface area contributed by atoms with E-state index >= 15 is 0 Å². The number of rotatable bonds is 2. The Morgan fingerprint density at radius 2 is 2.14 bits per heavy atom. The van der Waals surface area contributed by atoms with Crippen molar-refractivity contribution in [2.24, 2.45) is 5.41 Å². The summed E-state index contributed by atoms with van der Waals surface area (Å²) in [6, 6.07) is 6.91. The van der Waals surface area contributed by atoms with E-state index in [0.29, 0.717) is 11.1 Å². The molecule has 1 aliphatic carbocycles. The van der Waals surface area contributed by atoms with E-state index in [1.807, 2.05) is 0 Å². The highest BCUT2D eigenvalue weighted by Gasteiger charge is 2.42. The van der Waals surface area contributed by atoms with Crippen LogP contribution < -0.4 is 0 Å². The number of hydrogen-bond acceptors (Lipinski definition) is 1. The molecule has 0 aliphatic heterocycles. The number of aliphatic carboxylic acids is 1. The van der Waals surface area contributed by atoms with Crippen molar-refractivity contribution in [3.63, 3.8) is 0 Å². The predicted molar refractivity (Wildman–Crippen MR) is 54.2 cm³/mol. The maximum absolute atomic E-state index is 11.6. The van der Waals surface area contributed by atoms with Crippen LogP contribution in [0.2, 0.25) is 0 Å². The molecule has 1 aliphatic rings. The van der Waals surface area contributed by atoms with Gasteiger partial charge in [0.1, 0.15) is 0 Å². The Kier molecular flexibility index (Phi) is 1.11. The van der Waals surface area contributed by atoms with Crippen LogP contribution >= 0.6 is 0 Å². The molecule has 2 nitrogen and oxygen atoms in total. The van der Waals surface area contributed by atoms with Crippen molar-refractivity contribution >= 4 is 5.97 Å². The standard InChI is InChI=1S/C12H14O2/c1-2-12(11(13)14)7-9-5-3-4-6-10(9)8-12/h3-6H,2,7-8H2,1H3,(H,13,14)/i1D3,2D2. The summed E-state index contributed by atoms with van der Waals surface area (Å²) in [5.74, 6) is -1.40. The second kappa shape index (κ2) is 3.12. The molecule has 0 heterocycles. The van der Waals surface area contributed by atoms with Gasteiger partial charge in [0.15, 0.2) is 0 Å². The fourth-order valence-electron chi connectivity index (χ4n) is 1.91. The van der Waals surface area contributed by atoms with Crippen LogP contribution in [-0.2, 0) is 17.6 Å². The van der Waals surface area contributed by atoms with Gasteiger partial charge in [0.2, 0.25) is 0 Å². The average molecular weight is 195 g/mol. The van der Waals surface area contributed by atoms with Crippen molar-refractivity contribution in [2.75, 3.05) is 0 Å². The molecular weight excluding hydrogens is 176 g/mol. The first-order valence-corrected chi connectivity index (χ1v) is 4.42. The van der Waals surface area contributed by atoms with E-state index in [1.165, 1.54) is 0 Å². The van der Waals surface area contributed by atoms with Gasteiger partial charge in [0, 0.05) is 6.85 Å². The summed E-state index contributed by atoms with van der Waals surface area (Å²) < 4.78 is 37.7. The Labute approximate surface area is 90.6 Å². The molecule has 2 rings (SSSR count). The number of carbonyl (C=O) groups is 1. The molecule has 0 amide bonds. The van der Waals surface area contributed by atoms with Gasteiger partial charge in [-0.05, 0) is 30.3 Å². The smallest absolute Gasteiger partial charge is 0.310 e. The fraction of sp³-hybridized carbons (Fsp3) is 0.417. The zero-order valence-electron chi connectivity index (χ0n) is 12.6. The Morgan fingerprint density at radius 1 is 1.57 bits per heavy atom. The van der Waals surface area contributed by atoms with Gasteiger partial charge in [-0.3, -0.25) is 4.79 Å². The number of fused-ring (bicyclic) bond motifs is 1.